The number of hydrogen-bond donors (Lipinski definition) is 1. The van der Waals surface area contributed by atoms with Crippen molar-refractivity contribution in [3.8, 4) is 0 Å². The van der Waals surface area contributed by atoms with Crippen LogP contribution in [0.3, 0.4) is 0 Å². The van der Waals surface area contributed by atoms with Crippen molar-refractivity contribution in [3.05, 3.63) is 35.4 Å². The van der Waals surface area contributed by atoms with Gasteiger partial charge in [-0.05, 0) is 37.0 Å². The molecule has 13 heavy (non-hydrogen) atoms. The van der Waals surface area contributed by atoms with Gasteiger partial charge in [-0.25, -0.2) is 8.78 Å². The Kier molecular flexibility index (Phi) is 2.04. The Morgan fingerprint density at radius 3 is 2.62 bits per heavy atom. The first-order valence-corrected chi connectivity index (χ1v) is 4.39. The fraction of sp³-hybridized carbons (Fsp3) is 0.400. The molecule has 1 saturated carbocycles. The first-order valence-electron chi connectivity index (χ1n) is 4.39. The molecule has 1 atom stereocenters. The highest BCUT2D eigenvalue weighted by molar-refractivity contribution is 5.23. The predicted octanol–water partition coefficient (Wildman–Crippen LogP) is 2.37. The largest absolute Gasteiger partial charge is 0.324 e. The van der Waals surface area contributed by atoms with Crippen LogP contribution in [0.2, 0.25) is 0 Å². The smallest absolute Gasteiger partial charge is 0.128 e. The van der Waals surface area contributed by atoms with Gasteiger partial charge >= 0.3 is 0 Å². The van der Waals surface area contributed by atoms with E-state index in [0.29, 0.717) is 11.5 Å². The molecule has 2 rings (SSSR count). The molecule has 0 amide bonds. The van der Waals surface area contributed by atoms with E-state index >= 15 is 0 Å². The molecule has 1 unspecified atom stereocenters. The summed E-state index contributed by atoms with van der Waals surface area (Å²) in [4.78, 5) is 0. The van der Waals surface area contributed by atoms with E-state index in [4.69, 9.17) is 5.73 Å². The molecular weight excluding hydrogens is 172 g/mol. The molecule has 2 N–H and O–H groups in total. The summed E-state index contributed by atoms with van der Waals surface area (Å²) in [6, 6.07) is 3.10. The molecule has 1 fully saturated rings. The van der Waals surface area contributed by atoms with Gasteiger partial charge in [-0.3, -0.25) is 0 Å². The monoisotopic (exact) mass is 183 g/mol. The Hall–Kier alpha value is -0.960. The van der Waals surface area contributed by atoms with E-state index in [-0.39, 0.29) is 6.04 Å². The van der Waals surface area contributed by atoms with Gasteiger partial charge in [-0.2, -0.15) is 0 Å². The molecule has 0 bridgehead atoms. The van der Waals surface area contributed by atoms with Crippen LogP contribution in [0.5, 0.6) is 0 Å². The lowest BCUT2D eigenvalue weighted by molar-refractivity contribution is 0.539. The van der Waals surface area contributed by atoms with Gasteiger partial charge < -0.3 is 5.73 Å². The van der Waals surface area contributed by atoms with Crippen molar-refractivity contribution < 1.29 is 8.78 Å². The van der Waals surface area contributed by atoms with Gasteiger partial charge in [-0.15, -0.1) is 0 Å². The van der Waals surface area contributed by atoms with E-state index < -0.39 is 11.6 Å². The van der Waals surface area contributed by atoms with Crippen molar-refractivity contribution in [2.24, 2.45) is 11.7 Å². The molecule has 3 heteroatoms. The maximum absolute atomic E-state index is 13.2. The quantitative estimate of drug-likeness (QED) is 0.748. The van der Waals surface area contributed by atoms with E-state index in [1.807, 2.05) is 0 Å². The standard InChI is InChI=1S/C10H11F2N/c11-7-3-4-9(12)8(5-7)10(13)6-1-2-6/h3-6,10H,1-2,13H2. The summed E-state index contributed by atoms with van der Waals surface area (Å²) in [7, 11) is 0. The molecule has 0 radical (unpaired) electrons. The van der Waals surface area contributed by atoms with E-state index in [2.05, 4.69) is 0 Å². The van der Waals surface area contributed by atoms with Crippen molar-refractivity contribution in [2.75, 3.05) is 0 Å². The summed E-state index contributed by atoms with van der Waals surface area (Å²) in [5.74, 6) is -0.482. The van der Waals surface area contributed by atoms with Gasteiger partial charge in [0.25, 0.3) is 0 Å². The number of hydrogen-bond acceptors (Lipinski definition) is 1. The van der Waals surface area contributed by atoms with Gasteiger partial charge in [0, 0.05) is 11.6 Å². The topological polar surface area (TPSA) is 26.0 Å². The maximum Gasteiger partial charge on any atom is 0.128 e. The zero-order chi connectivity index (χ0) is 9.42. The first-order chi connectivity index (χ1) is 6.18. The molecule has 1 aliphatic carbocycles. The van der Waals surface area contributed by atoms with E-state index in [9.17, 15) is 8.78 Å². The van der Waals surface area contributed by atoms with Crippen molar-refractivity contribution in [2.45, 2.75) is 18.9 Å². The minimum absolute atomic E-state index is 0.308. The highest BCUT2D eigenvalue weighted by Gasteiger charge is 2.31. The minimum Gasteiger partial charge on any atom is -0.324 e. The van der Waals surface area contributed by atoms with Crippen LogP contribution in [0.25, 0.3) is 0 Å². The third-order valence-electron chi connectivity index (χ3n) is 2.45. The summed E-state index contributed by atoms with van der Waals surface area (Å²) in [5.41, 5.74) is 6.07. The van der Waals surface area contributed by atoms with E-state index in [1.54, 1.807) is 0 Å². The van der Waals surface area contributed by atoms with Crippen LogP contribution in [0.15, 0.2) is 18.2 Å². The van der Waals surface area contributed by atoms with Gasteiger partial charge in [0.05, 0.1) is 0 Å². The van der Waals surface area contributed by atoms with Crippen molar-refractivity contribution in [1.82, 2.24) is 0 Å². The zero-order valence-corrected chi connectivity index (χ0v) is 7.13. The Morgan fingerprint density at radius 2 is 2.00 bits per heavy atom. The van der Waals surface area contributed by atoms with Crippen LogP contribution in [-0.2, 0) is 0 Å². The molecular formula is C10H11F2N. The fourth-order valence-corrected chi connectivity index (χ4v) is 1.48. The van der Waals surface area contributed by atoms with Gasteiger partial charge in [0.15, 0.2) is 0 Å². The van der Waals surface area contributed by atoms with Crippen LogP contribution in [0, 0.1) is 17.6 Å². The third-order valence-corrected chi connectivity index (χ3v) is 2.45. The molecule has 1 nitrogen and oxygen atoms in total. The number of halogens is 2. The van der Waals surface area contributed by atoms with Crippen LogP contribution < -0.4 is 5.73 Å². The number of rotatable bonds is 2. The summed E-state index contributed by atoms with van der Waals surface area (Å²) in [5, 5.41) is 0. The van der Waals surface area contributed by atoms with E-state index in [1.165, 1.54) is 6.07 Å². The summed E-state index contributed by atoms with van der Waals surface area (Å²) >= 11 is 0. The molecule has 0 spiro atoms. The average Bonchev–Trinajstić information content (AvgIpc) is 2.91. The normalized spacial score (nSPS) is 18.7. The fourth-order valence-electron chi connectivity index (χ4n) is 1.48. The zero-order valence-electron chi connectivity index (χ0n) is 7.13. The Bertz CT molecular complexity index is 321. The lowest BCUT2D eigenvalue weighted by Crippen LogP contribution is -2.14. The van der Waals surface area contributed by atoms with Crippen molar-refractivity contribution in [3.63, 3.8) is 0 Å². The van der Waals surface area contributed by atoms with Crippen LogP contribution in [0.4, 0.5) is 8.78 Å². The van der Waals surface area contributed by atoms with Gasteiger partial charge in [-0.1, -0.05) is 0 Å². The number of benzene rings is 1. The van der Waals surface area contributed by atoms with Crippen molar-refractivity contribution >= 4 is 0 Å². The van der Waals surface area contributed by atoms with E-state index in [0.717, 1.165) is 25.0 Å². The van der Waals surface area contributed by atoms with Gasteiger partial charge in [0.2, 0.25) is 0 Å². The lowest BCUT2D eigenvalue weighted by atomic mass is 10.0. The number of nitrogens with two attached hydrogens (primary N) is 1. The maximum atomic E-state index is 13.2. The molecule has 0 aromatic heterocycles. The summed E-state index contributed by atoms with van der Waals surface area (Å²) in [6.07, 6.45) is 2.05. The molecule has 0 saturated heterocycles. The highest BCUT2D eigenvalue weighted by Crippen LogP contribution is 2.40. The Morgan fingerprint density at radius 1 is 1.31 bits per heavy atom. The Labute approximate surface area is 75.6 Å². The SMILES string of the molecule is NC(c1cc(F)ccc1F)C1CC1. The summed E-state index contributed by atoms with van der Waals surface area (Å²) < 4.78 is 25.9. The second-order valence-corrected chi connectivity index (χ2v) is 3.53. The molecule has 1 aliphatic rings. The summed E-state index contributed by atoms with van der Waals surface area (Å²) in [6.45, 7) is 0. The predicted molar refractivity (Wildman–Crippen MR) is 46.0 cm³/mol. The highest BCUT2D eigenvalue weighted by atomic mass is 19.1. The molecule has 70 valence electrons. The van der Waals surface area contributed by atoms with Crippen LogP contribution >= 0.6 is 0 Å². The molecule has 0 aliphatic heterocycles. The van der Waals surface area contributed by atoms with Crippen LogP contribution in [-0.4, -0.2) is 0 Å². The van der Waals surface area contributed by atoms with Gasteiger partial charge in [0.1, 0.15) is 11.6 Å². The van der Waals surface area contributed by atoms with Crippen molar-refractivity contribution in [1.29, 1.82) is 0 Å². The lowest BCUT2D eigenvalue weighted by Gasteiger charge is -2.11. The average molecular weight is 183 g/mol. The second-order valence-electron chi connectivity index (χ2n) is 3.53. The first kappa shape index (κ1) is 8.63. The van der Waals surface area contributed by atoms with Crippen LogP contribution in [0.1, 0.15) is 24.4 Å². The molecule has 1 aromatic carbocycles. The second kappa shape index (κ2) is 3.07. The molecule has 1 aromatic rings. The minimum atomic E-state index is -0.424. The Balaban J connectivity index is 2.31. The third kappa shape index (κ3) is 1.70. The molecule has 0 heterocycles.